The molecule has 1 saturated heterocycles. The van der Waals surface area contributed by atoms with E-state index >= 15 is 0 Å². The van der Waals surface area contributed by atoms with Crippen LogP contribution in [-0.4, -0.2) is 89.6 Å². The maximum absolute atomic E-state index is 12.8. The van der Waals surface area contributed by atoms with Gasteiger partial charge in [-0.3, -0.25) is 4.79 Å². The number of esters is 1. The van der Waals surface area contributed by atoms with E-state index in [0.717, 1.165) is 32.1 Å². The molecule has 1 aliphatic rings. The standard InChI is InChI=1S/C48H92O9/c1-3-5-7-9-11-13-15-17-19-21-22-24-26-28-30-32-34-36-38-54-40-42(41-55-48-47(53)46(52)45(51)43(39-49)57-48)56-44(50)37-35-33-31-29-27-25-23-20-18-16-14-12-10-8-6-4-2/h17,19,42-43,45-49,51-53H,3-16,18,20-41H2,1-2H3/b19-17-. The van der Waals surface area contributed by atoms with E-state index in [2.05, 4.69) is 26.0 Å². The molecule has 9 heteroatoms. The van der Waals surface area contributed by atoms with E-state index in [0.29, 0.717) is 13.0 Å². The minimum atomic E-state index is -1.53. The summed E-state index contributed by atoms with van der Waals surface area (Å²) < 4.78 is 22.9. The van der Waals surface area contributed by atoms with Crippen LogP contribution in [0.4, 0.5) is 0 Å². The Bertz CT molecular complexity index is 884. The molecule has 1 heterocycles. The number of ether oxygens (including phenoxy) is 4. The van der Waals surface area contributed by atoms with Crippen molar-refractivity contribution in [2.75, 3.05) is 26.4 Å². The first-order chi connectivity index (χ1) is 27.9. The fourth-order valence-corrected chi connectivity index (χ4v) is 7.61. The SMILES string of the molecule is CCCCCCCC/C=C\CCCCCCCCCCOCC(COC1OC(CO)C(O)C(O)C1O)OC(=O)CCCCCCCCCCCCCCCCCC. The molecule has 0 aromatic carbocycles. The van der Waals surface area contributed by atoms with Crippen LogP contribution >= 0.6 is 0 Å². The molecule has 1 fully saturated rings. The van der Waals surface area contributed by atoms with Crippen LogP contribution < -0.4 is 0 Å². The van der Waals surface area contributed by atoms with Crippen LogP contribution in [-0.2, 0) is 23.7 Å². The van der Waals surface area contributed by atoms with Crippen LogP contribution in [0.5, 0.6) is 0 Å². The molecule has 1 rings (SSSR count). The summed E-state index contributed by atoms with van der Waals surface area (Å²) >= 11 is 0. The van der Waals surface area contributed by atoms with Crippen molar-refractivity contribution in [2.45, 2.75) is 263 Å². The van der Waals surface area contributed by atoms with Crippen molar-refractivity contribution in [1.29, 1.82) is 0 Å². The van der Waals surface area contributed by atoms with Crippen LogP contribution in [0.15, 0.2) is 12.2 Å². The molecule has 6 atom stereocenters. The number of allylic oxidation sites excluding steroid dienone is 2. The second-order valence-electron chi connectivity index (χ2n) is 16.9. The van der Waals surface area contributed by atoms with Crippen LogP contribution in [0.25, 0.3) is 0 Å². The maximum Gasteiger partial charge on any atom is 0.306 e. The normalized spacial score (nSPS) is 20.4. The van der Waals surface area contributed by atoms with Crippen molar-refractivity contribution >= 4 is 5.97 Å². The molecule has 6 unspecified atom stereocenters. The fraction of sp³-hybridized carbons (Fsp3) is 0.938. The van der Waals surface area contributed by atoms with E-state index in [4.69, 9.17) is 18.9 Å². The average molecular weight is 813 g/mol. The van der Waals surface area contributed by atoms with E-state index in [9.17, 15) is 25.2 Å². The van der Waals surface area contributed by atoms with Gasteiger partial charge in [-0.2, -0.15) is 0 Å². The Hall–Kier alpha value is -1.07. The zero-order valence-corrected chi connectivity index (χ0v) is 37.1. The van der Waals surface area contributed by atoms with Gasteiger partial charge in [0.25, 0.3) is 0 Å². The quantitative estimate of drug-likeness (QED) is 0.0270. The second kappa shape index (κ2) is 40.3. The van der Waals surface area contributed by atoms with Gasteiger partial charge in [0.1, 0.15) is 30.5 Å². The fourth-order valence-electron chi connectivity index (χ4n) is 7.61. The average Bonchev–Trinajstić information content (AvgIpc) is 3.21. The first-order valence-corrected chi connectivity index (χ1v) is 24.3. The Morgan fingerprint density at radius 3 is 1.42 bits per heavy atom. The van der Waals surface area contributed by atoms with Gasteiger partial charge in [-0.1, -0.05) is 193 Å². The highest BCUT2D eigenvalue weighted by atomic mass is 16.7. The van der Waals surface area contributed by atoms with Crippen LogP contribution in [0.1, 0.15) is 226 Å². The summed E-state index contributed by atoms with van der Waals surface area (Å²) in [5, 5.41) is 40.2. The number of aliphatic hydroxyl groups excluding tert-OH is 4. The highest BCUT2D eigenvalue weighted by Gasteiger charge is 2.44. The van der Waals surface area contributed by atoms with Gasteiger partial charge in [-0.05, 0) is 38.5 Å². The summed E-state index contributed by atoms with van der Waals surface area (Å²) in [4.78, 5) is 12.8. The van der Waals surface area contributed by atoms with Gasteiger partial charge in [0.15, 0.2) is 6.29 Å². The summed E-state index contributed by atoms with van der Waals surface area (Å²) in [7, 11) is 0. The molecule has 4 N–H and O–H groups in total. The van der Waals surface area contributed by atoms with E-state index in [1.54, 1.807) is 0 Å². The van der Waals surface area contributed by atoms with Gasteiger partial charge in [0.05, 0.1) is 19.8 Å². The van der Waals surface area contributed by atoms with Gasteiger partial charge in [-0.15, -0.1) is 0 Å². The van der Waals surface area contributed by atoms with Crippen LogP contribution in [0.3, 0.4) is 0 Å². The molecule has 0 radical (unpaired) electrons. The third kappa shape index (κ3) is 31.5. The molecule has 0 aromatic heterocycles. The predicted molar refractivity (Wildman–Crippen MR) is 233 cm³/mol. The van der Waals surface area contributed by atoms with Gasteiger partial charge < -0.3 is 39.4 Å². The number of carbonyl (C=O) groups excluding carboxylic acids is 1. The number of hydrogen-bond donors (Lipinski definition) is 4. The Kier molecular flexibility index (Phi) is 38.2. The summed E-state index contributed by atoms with van der Waals surface area (Å²) in [5.41, 5.74) is 0. The zero-order valence-electron chi connectivity index (χ0n) is 37.1. The largest absolute Gasteiger partial charge is 0.457 e. The van der Waals surface area contributed by atoms with Crippen molar-refractivity contribution in [3.8, 4) is 0 Å². The smallest absolute Gasteiger partial charge is 0.306 e. The molecule has 0 spiro atoms. The second-order valence-corrected chi connectivity index (χ2v) is 16.9. The first kappa shape index (κ1) is 53.9. The maximum atomic E-state index is 12.8. The minimum Gasteiger partial charge on any atom is -0.457 e. The minimum absolute atomic E-state index is 0.109. The lowest BCUT2D eigenvalue weighted by molar-refractivity contribution is -0.305. The molecule has 0 aliphatic carbocycles. The number of carbonyl (C=O) groups is 1. The lowest BCUT2D eigenvalue weighted by Crippen LogP contribution is -2.59. The third-order valence-corrected chi connectivity index (χ3v) is 11.4. The third-order valence-electron chi connectivity index (χ3n) is 11.4. The first-order valence-electron chi connectivity index (χ1n) is 24.3. The lowest BCUT2D eigenvalue weighted by atomic mass is 9.99. The van der Waals surface area contributed by atoms with Crippen LogP contribution in [0.2, 0.25) is 0 Å². The van der Waals surface area contributed by atoms with Crippen molar-refractivity contribution < 1.29 is 44.2 Å². The van der Waals surface area contributed by atoms with Crippen molar-refractivity contribution in [2.24, 2.45) is 0 Å². The number of hydrogen-bond acceptors (Lipinski definition) is 9. The lowest BCUT2D eigenvalue weighted by Gasteiger charge is -2.39. The van der Waals surface area contributed by atoms with Crippen molar-refractivity contribution in [1.82, 2.24) is 0 Å². The van der Waals surface area contributed by atoms with Crippen molar-refractivity contribution in [3.05, 3.63) is 12.2 Å². The number of rotatable bonds is 42. The predicted octanol–water partition coefficient (Wildman–Crippen LogP) is 11.2. The van der Waals surface area contributed by atoms with E-state index in [-0.39, 0.29) is 19.2 Å². The molecule has 0 aromatic rings. The van der Waals surface area contributed by atoms with Gasteiger partial charge >= 0.3 is 5.97 Å². The molecular weight excluding hydrogens is 721 g/mol. The van der Waals surface area contributed by atoms with E-state index < -0.39 is 43.4 Å². The van der Waals surface area contributed by atoms with Gasteiger partial charge in [0, 0.05) is 13.0 Å². The number of unbranched alkanes of at least 4 members (excludes halogenated alkanes) is 29. The molecule has 0 saturated carbocycles. The Balaban J connectivity index is 2.22. The summed E-state index contributed by atoms with van der Waals surface area (Å²) in [6.45, 7) is 4.59. The molecule has 1 aliphatic heterocycles. The summed E-state index contributed by atoms with van der Waals surface area (Å²) in [5.74, 6) is -0.310. The Morgan fingerprint density at radius 1 is 0.544 bits per heavy atom. The molecule has 57 heavy (non-hydrogen) atoms. The summed E-state index contributed by atoms with van der Waals surface area (Å²) in [6.07, 6.45) is 38.1. The number of aliphatic hydroxyl groups is 4. The monoisotopic (exact) mass is 813 g/mol. The molecule has 0 amide bonds. The topological polar surface area (TPSA) is 135 Å². The molecular formula is C48H92O9. The molecule has 9 nitrogen and oxygen atoms in total. The molecule has 338 valence electrons. The van der Waals surface area contributed by atoms with Gasteiger partial charge in [0.2, 0.25) is 0 Å². The highest BCUT2D eigenvalue weighted by Crippen LogP contribution is 2.23. The van der Waals surface area contributed by atoms with Crippen molar-refractivity contribution in [3.63, 3.8) is 0 Å². The van der Waals surface area contributed by atoms with E-state index in [1.807, 2.05) is 0 Å². The van der Waals surface area contributed by atoms with Gasteiger partial charge in [-0.25, -0.2) is 0 Å². The van der Waals surface area contributed by atoms with Crippen LogP contribution in [0, 0.1) is 0 Å². The Morgan fingerprint density at radius 2 is 0.965 bits per heavy atom. The summed E-state index contributed by atoms with van der Waals surface area (Å²) in [6, 6.07) is 0. The highest BCUT2D eigenvalue weighted by molar-refractivity contribution is 5.69. The zero-order chi connectivity index (χ0) is 41.4. The Labute approximate surface area is 350 Å². The molecule has 0 bridgehead atoms. The van der Waals surface area contributed by atoms with E-state index in [1.165, 1.54) is 173 Å².